The molecule has 1 aliphatic carbocycles. The first kappa shape index (κ1) is 14.1. The van der Waals surface area contributed by atoms with E-state index in [4.69, 9.17) is 0 Å². The lowest BCUT2D eigenvalue weighted by Gasteiger charge is -2.29. The van der Waals surface area contributed by atoms with Gasteiger partial charge < -0.3 is 0 Å². The number of hydrogen-bond acceptors (Lipinski definition) is 2. The SMILES string of the molecule is CCCC(CC)C(=O)C1CCC(CS)CC1. The Bertz CT molecular complexity index is 207. The highest BCUT2D eigenvalue weighted by atomic mass is 32.1. The lowest BCUT2D eigenvalue weighted by molar-refractivity contribution is -0.128. The molecule has 1 unspecified atom stereocenters. The van der Waals surface area contributed by atoms with Gasteiger partial charge in [0.15, 0.2) is 0 Å². The maximum atomic E-state index is 12.3. The van der Waals surface area contributed by atoms with Crippen molar-refractivity contribution in [1.82, 2.24) is 0 Å². The van der Waals surface area contributed by atoms with E-state index in [9.17, 15) is 4.79 Å². The van der Waals surface area contributed by atoms with Gasteiger partial charge in [-0.25, -0.2) is 0 Å². The third-order valence-corrected chi connectivity index (χ3v) is 4.56. The van der Waals surface area contributed by atoms with Crippen LogP contribution in [0.1, 0.15) is 58.8 Å². The summed E-state index contributed by atoms with van der Waals surface area (Å²) in [6.45, 7) is 4.32. The molecule has 0 spiro atoms. The molecule has 1 saturated carbocycles. The fourth-order valence-corrected chi connectivity index (χ4v) is 3.22. The summed E-state index contributed by atoms with van der Waals surface area (Å²) >= 11 is 4.35. The monoisotopic (exact) mass is 242 g/mol. The number of carbonyl (C=O) groups excluding carboxylic acids is 1. The average molecular weight is 242 g/mol. The van der Waals surface area contributed by atoms with Crippen molar-refractivity contribution in [1.29, 1.82) is 0 Å². The summed E-state index contributed by atoms with van der Waals surface area (Å²) < 4.78 is 0. The molecule has 0 aromatic heterocycles. The Kier molecular flexibility index (Phi) is 6.48. The van der Waals surface area contributed by atoms with Crippen LogP contribution in [0.15, 0.2) is 0 Å². The zero-order valence-corrected chi connectivity index (χ0v) is 11.6. The molecule has 1 aliphatic rings. The fourth-order valence-electron chi connectivity index (χ4n) is 2.86. The molecule has 0 aromatic rings. The molecule has 0 N–H and O–H groups in total. The van der Waals surface area contributed by atoms with E-state index in [1.165, 1.54) is 12.8 Å². The maximum absolute atomic E-state index is 12.3. The molecule has 0 radical (unpaired) electrons. The molecule has 1 rings (SSSR count). The standard InChI is InChI=1S/C14H26OS/c1-3-5-12(4-2)14(15)13-8-6-11(10-16)7-9-13/h11-13,16H,3-10H2,1-2H3. The van der Waals surface area contributed by atoms with Gasteiger partial charge in [0.2, 0.25) is 0 Å². The topological polar surface area (TPSA) is 17.1 Å². The van der Waals surface area contributed by atoms with Crippen LogP contribution in [0.2, 0.25) is 0 Å². The summed E-state index contributed by atoms with van der Waals surface area (Å²) in [4.78, 5) is 12.3. The van der Waals surface area contributed by atoms with Crippen molar-refractivity contribution in [2.45, 2.75) is 58.8 Å². The Morgan fingerprint density at radius 3 is 2.31 bits per heavy atom. The molecule has 16 heavy (non-hydrogen) atoms. The number of Topliss-reactive ketones (excluding diaryl/α,β-unsaturated/α-hetero) is 1. The Morgan fingerprint density at radius 1 is 1.25 bits per heavy atom. The van der Waals surface area contributed by atoms with Crippen molar-refractivity contribution < 1.29 is 4.79 Å². The van der Waals surface area contributed by atoms with Crippen LogP contribution >= 0.6 is 12.6 Å². The van der Waals surface area contributed by atoms with Crippen LogP contribution in [0.3, 0.4) is 0 Å². The van der Waals surface area contributed by atoms with Crippen LogP contribution in [-0.4, -0.2) is 11.5 Å². The Labute approximate surface area is 106 Å². The minimum Gasteiger partial charge on any atom is -0.299 e. The summed E-state index contributed by atoms with van der Waals surface area (Å²) in [5, 5.41) is 0. The molecule has 0 aromatic carbocycles. The fraction of sp³-hybridized carbons (Fsp3) is 0.929. The van der Waals surface area contributed by atoms with Gasteiger partial charge in [-0.1, -0.05) is 20.3 Å². The first-order valence-electron chi connectivity index (χ1n) is 6.87. The number of hydrogen-bond donors (Lipinski definition) is 1. The number of rotatable bonds is 6. The third kappa shape index (κ3) is 3.80. The lowest BCUT2D eigenvalue weighted by Crippen LogP contribution is -2.27. The Morgan fingerprint density at radius 2 is 1.88 bits per heavy atom. The van der Waals surface area contributed by atoms with Gasteiger partial charge in [0, 0.05) is 11.8 Å². The average Bonchev–Trinajstić information content (AvgIpc) is 2.35. The van der Waals surface area contributed by atoms with Crippen molar-refractivity contribution >= 4 is 18.4 Å². The van der Waals surface area contributed by atoms with E-state index in [1.807, 2.05) is 0 Å². The zero-order valence-electron chi connectivity index (χ0n) is 10.7. The van der Waals surface area contributed by atoms with E-state index >= 15 is 0 Å². The van der Waals surface area contributed by atoms with Crippen LogP contribution in [0, 0.1) is 17.8 Å². The summed E-state index contributed by atoms with van der Waals surface area (Å²) in [6, 6.07) is 0. The summed E-state index contributed by atoms with van der Waals surface area (Å²) in [7, 11) is 0. The molecule has 0 amide bonds. The minimum absolute atomic E-state index is 0.336. The molecule has 0 bridgehead atoms. The quantitative estimate of drug-likeness (QED) is 0.693. The molecular formula is C14H26OS. The van der Waals surface area contributed by atoms with Gasteiger partial charge in [-0.3, -0.25) is 4.79 Å². The van der Waals surface area contributed by atoms with Crippen molar-refractivity contribution in [3.8, 4) is 0 Å². The normalized spacial score (nSPS) is 27.7. The second kappa shape index (κ2) is 7.37. The Hall–Kier alpha value is 0.0200. The number of carbonyl (C=O) groups is 1. The molecule has 0 aliphatic heterocycles. The Balaban J connectivity index is 2.42. The van der Waals surface area contributed by atoms with Gasteiger partial charge in [-0.2, -0.15) is 12.6 Å². The molecule has 1 atom stereocenters. The zero-order chi connectivity index (χ0) is 12.0. The smallest absolute Gasteiger partial charge is 0.139 e. The summed E-state index contributed by atoms with van der Waals surface area (Å²) in [6.07, 6.45) is 7.90. The summed E-state index contributed by atoms with van der Waals surface area (Å²) in [5.41, 5.74) is 0. The predicted octanol–water partition coefficient (Wildman–Crippen LogP) is 4.12. The molecule has 94 valence electrons. The molecule has 2 heteroatoms. The highest BCUT2D eigenvalue weighted by molar-refractivity contribution is 7.80. The van der Waals surface area contributed by atoms with Crippen LogP contribution < -0.4 is 0 Å². The van der Waals surface area contributed by atoms with E-state index in [2.05, 4.69) is 26.5 Å². The van der Waals surface area contributed by atoms with Crippen LogP contribution in [0.4, 0.5) is 0 Å². The van der Waals surface area contributed by atoms with E-state index < -0.39 is 0 Å². The number of ketones is 1. The second-order valence-corrected chi connectivity index (χ2v) is 5.56. The van der Waals surface area contributed by atoms with Crippen molar-refractivity contribution in [3.05, 3.63) is 0 Å². The van der Waals surface area contributed by atoms with Gasteiger partial charge in [-0.15, -0.1) is 0 Å². The largest absolute Gasteiger partial charge is 0.299 e. The maximum Gasteiger partial charge on any atom is 0.139 e. The molecule has 1 nitrogen and oxygen atoms in total. The second-order valence-electron chi connectivity index (χ2n) is 5.20. The van der Waals surface area contributed by atoms with Crippen LogP contribution in [0.5, 0.6) is 0 Å². The van der Waals surface area contributed by atoms with E-state index in [0.717, 1.165) is 43.8 Å². The molecular weight excluding hydrogens is 216 g/mol. The van der Waals surface area contributed by atoms with Gasteiger partial charge >= 0.3 is 0 Å². The lowest BCUT2D eigenvalue weighted by atomic mass is 9.76. The van der Waals surface area contributed by atoms with Gasteiger partial charge in [0.05, 0.1) is 0 Å². The first-order chi connectivity index (χ1) is 7.72. The van der Waals surface area contributed by atoms with Gasteiger partial charge in [0.1, 0.15) is 5.78 Å². The van der Waals surface area contributed by atoms with E-state index in [1.54, 1.807) is 0 Å². The van der Waals surface area contributed by atoms with Gasteiger partial charge in [0.25, 0.3) is 0 Å². The molecule has 1 fully saturated rings. The van der Waals surface area contributed by atoms with Crippen LogP contribution in [-0.2, 0) is 4.79 Å². The minimum atomic E-state index is 0.336. The van der Waals surface area contributed by atoms with Crippen molar-refractivity contribution in [2.75, 3.05) is 5.75 Å². The van der Waals surface area contributed by atoms with Crippen LogP contribution in [0.25, 0.3) is 0 Å². The first-order valence-corrected chi connectivity index (χ1v) is 7.50. The predicted molar refractivity (Wildman–Crippen MR) is 73.0 cm³/mol. The van der Waals surface area contributed by atoms with Crippen molar-refractivity contribution in [3.63, 3.8) is 0 Å². The molecule has 0 saturated heterocycles. The van der Waals surface area contributed by atoms with Gasteiger partial charge in [-0.05, 0) is 50.2 Å². The highest BCUT2D eigenvalue weighted by Gasteiger charge is 2.29. The number of thiol groups is 1. The van der Waals surface area contributed by atoms with Crippen molar-refractivity contribution in [2.24, 2.45) is 17.8 Å². The highest BCUT2D eigenvalue weighted by Crippen LogP contribution is 2.32. The third-order valence-electron chi connectivity index (χ3n) is 4.04. The van der Waals surface area contributed by atoms with E-state index in [-0.39, 0.29) is 0 Å². The van der Waals surface area contributed by atoms with E-state index in [0.29, 0.717) is 17.6 Å². The summed E-state index contributed by atoms with van der Waals surface area (Å²) in [5.74, 6) is 3.02. The molecule has 0 heterocycles.